The van der Waals surface area contributed by atoms with Crippen LogP contribution in [0.3, 0.4) is 0 Å². The molecule has 4 N–H and O–H groups in total. The number of carboxylic acid groups (broad SMARTS) is 1. The number of carbonyl (C=O) groups is 1. The summed E-state index contributed by atoms with van der Waals surface area (Å²) in [6.07, 6.45) is 4.97. The molecule has 0 aromatic rings. The molecular weight excluding hydrogens is 260 g/mol. The highest BCUT2D eigenvalue weighted by molar-refractivity contribution is 5.67. The smallest absolute Gasteiger partial charge is 0.303 e. The van der Waals surface area contributed by atoms with E-state index in [0.717, 1.165) is 19.3 Å². The first-order valence-electron chi connectivity index (χ1n) is 7.40. The Labute approximate surface area is 119 Å². The van der Waals surface area contributed by atoms with Crippen molar-refractivity contribution in [2.45, 2.75) is 63.8 Å². The standard InChI is InChI=1S/C15H26O5/c1-2-3-4-5-10(16)6-7-11-12(8-15(19)20)14(18)9-13(11)17/h6-7,10-14,16-18H,2-5,8-9H2,1H3,(H,19,20)/b7-6+/t10-,11+,12+,13+,14-/m0/s1. The van der Waals surface area contributed by atoms with E-state index in [1.54, 1.807) is 12.2 Å². The molecule has 1 rings (SSSR count). The summed E-state index contributed by atoms with van der Waals surface area (Å²) < 4.78 is 0. The Kier molecular flexibility index (Phi) is 7.19. The molecule has 0 aromatic carbocycles. The van der Waals surface area contributed by atoms with Crippen molar-refractivity contribution in [1.82, 2.24) is 0 Å². The highest BCUT2D eigenvalue weighted by Crippen LogP contribution is 2.36. The van der Waals surface area contributed by atoms with Gasteiger partial charge in [0.15, 0.2) is 0 Å². The normalized spacial score (nSPS) is 31.8. The van der Waals surface area contributed by atoms with Crippen LogP contribution in [0.4, 0.5) is 0 Å². The second kappa shape index (κ2) is 8.39. The van der Waals surface area contributed by atoms with Gasteiger partial charge in [0.25, 0.3) is 0 Å². The number of hydrogen-bond donors (Lipinski definition) is 4. The van der Waals surface area contributed by atoms with Crippen LogP contribution in [0.25, 0.3) is 0 Å². The summed E-state index contributed by atoms with van der Waals surface area (Å²) >= 11 is 0. The molecule has 0 aromatic heterocycles. The topological polar surface area (TPSA) is 98.0 Å². The summed E-state index contributed by atoms with van der Waals surface area (Å²) in [5.41, 5.74) is 0. The molecule has 0 heterocycles. The Morgan fingerprint density at radius 1 is 1.30 bits per heavy atom. The molecule has 5 nitrogen and oxygen atoms in total. The van der Waals surface area contributed by atoms with Gasteiger partial charge >= 0.3 is 5.97 Å². The predicted octanol–water partition coefficient (Wildman–Crippen LogP) is 1.32. The van der Waals surface area contributed by atoms with Gasteiger partial charge in [0.2, 0.25) is 0 Å². The zero-order valence-corrected chi connectivity index (χ0v) is 12.0. The van der Waals surface area contributed by atoms with Gasteiger partial charge in [-0.1, -0.05) is 38.3 Å². The molecule has 0 aliphatic heterocycles. The van der Waals surface area contributed by atoms with E-state index >= 15 is 0 Å². The van der Waals surface area contributed by atoms with Crippen LogP contribution in [0.2, 0.25) is 0 Å². The zero-order valence-electron chi connectivity index (χ0n) is 12.0. The fourth-order valence-electron chi connectivity index (χ4n) is 2.82. The van der Waals surface area contributed by atoms with Gasteiger partial charge in [0, 0.05) is 18.3 Å². The Bertz CT molecular complexity index is 328. The molecule has 0 radical (unpaired) electrons. The lowest BCUT2D eigenvalue weighted by Crippen LogP contribution is -2.23. The van der Waals surface area contributed by atoms with E-state index in [0.29, 0.717) is 6.42 Å². The van der Waals surface area contributed by atoms with Gasteiger partial charge in [-0.3, -0.25) is 4.79 Å². The number of aliphatic hydroxyl groups excluding tert-OH is 3. The van der Waals surface area contributed by atoms with Crippen molar-refractivity contribution in [1.29, 1.82) is 0 Å². The van der Waals surface area contributed by atoms with Crippen LogP contribution in [-0.2, 0) is 4.79 Å². The Morgan fingerprint density at radius 2 is 2.00 bits per heavy atom. The lowest BCUT2D eigenvalue weighted by atomic mass is 9.90. The second-order valence-electron chi connectivity index (χ2n) is 5.66. The minimum atomic E-state index is -0.981. The van der Waals surface area contributed by atoms with E-state index in [9.17, 15) is 20.1 Å². The van der Waals surface area contributed by atoms with Gasteiger partial charge in [-0.15, -0.1) is 0 Å². The molecule has 1 saturated carbocycles. The first kappa shape index (κ1) is 17.1. The highest BCUT2D eigenvalue weighted by Gasteiger charge is 2.41. The molecule has 0 bridgehead atoms. The van der Waals surface area contributed by atoms with Gasteiger partial charge in [-0.25, -0.2) is 0 Å². The van der Waals surface area contributed by atoms with Crippen molar-refractivity contribution in [3.63, 3.8) is 0 Å². The van der Waals surface area contributed by atoms with Gasteiger partial charge < -0.3 is 20.4 Å². The van der Waals surface area contributed by atoms with Gasteiger partial charge in [-0.2, -0.15) is 0 Å². The Balaban J connectivity index is 2.55. The highest BCUT2D eigenvalue weighted by atomic mass is 16.4. The van der Waals surface area contributed by atoms with Crippen LogP contribution in [0.1, 0.15) is 45.4 Å². The summed E-state index contributed by atoms with van der Waals surface area (Å²) in [5.74, 6) is -1.87. The van der Waals surface area contributed by atoms with E-state index in [4.69, 9.17) is 5.11 Å². The monoisotopic (exact) mass is 286 g/mol. The Morgan fingerprint density at radius 3 is 2.60 bits per heavy atom. The number of aliphatic hydroxyl groups is 3. The maximum atomic E-state index is 10.8. The maximum Gasteiger partial charge on any atom is 0.303 e. The third kappa shape index (κ3) is 5.23. The Hall–Kier alpha value is -0.910. The average molecular weight is 286 g/mol. The summed E-state index contributed by atoms with van der Waals surface area (Å²) in [7, 11) is 0. The molecule has 5 atom stereocenters. The van der Waals surface area contributed by atoms with Gasteiger partial charge in [-0.05, 0) is 6.42 Å². The van der Waals surface area contributed by atoms with Crippen molar-refractivity contribution >= 4 is 5.97 Å². The first-order chi connectivity index (χ1) is 9.45. The van der Waals surface area contributed by atoms with E-state index in [1.165, 1.54) is 0 Å². The number of unbranched alkanes of at least 4 members (excludes halogenated alkanes) is 2. The molecule has 20 heavy (non-hydrogen) atoms. The molecular formula is C15H26O5. The molecule has 0 unspecified atom stereocenters. The van der Waals surface area contributed by atoms with E-state index in [1.807, 2.05) is 0 Å². The third-order valence-electron chi connectivity index (χ3n) is 3.99. The molecule has 0 spiro atoms. The molecule has 1 fully saturated rings. The van der Waals surface area contributed by atoms with Crippen LogP contribution in [0.15, 0.2) is 12.2 Å². The summed E-state index contributed by atoms with van der Waals surface area (Å²) in [5, 5.41) is 38.3. The predicted molar refractivity (Wildman–Crippen MR) is 75.2 cm³/mol. The fourth-order valence-corrected chi connectivity index (χ4v) is 2.82. The quantitative estimate of drug-likeness (QED) is 0.398. The number of rotatable bonds is 8. The van der Waals surface area contributed by atoms with Crippen LogP contribution >= 0.6 is 0 Å². The van der Waals surface area contributed by atoms with Crippen molar-refractivity contribution < 1.29 is 25.2 Å². The number of carboxylic acids is 1. The molecule has 116 valence electrons. The van der Waals surface area contributed by atoms with Gasteiger partial charge in [0.05, 0.1) is 24.7 Å². The van der Waals surface area contributed by atoms with Crippen molar-refractivity contribution in [3.8, 4) is 0 Å². The molecule has 1 aliphatic carbocycles. The van der Waals surface area contributed by atoms with Crippen molar-refractivity contribution in [3.05, 3.63) is 12.2 Å². The average Bonchev–Trinajstić information content (AvgIpc) is 2.62. The lowest BCUT2D eigenvalue weighted by Gasteiger charge is -2.19. The second-order valence-corrected chi connectivity index (χ2v) is 5.66. The molecule has 5 heteroatoms. The molecule has 0 saturated heterocycles. The van der Waals surface area contributed by atoms with Crippen LogP contribution in [0, 0.1) is 11.8 Å². The summed E-state index contributed by atoms with van der Waals surface area (Å²) in [6, 6.07) is 0. The maximum absolute atomic E-state index is 10.8. The third-order valence-corrected chi connectivity index (χ3v) is 3.99. The van der Waals surface area contributed by atoms with Crippen LogP contribution in [-0.4, -0.2) is 44.7 Å². The SMILES string of the molecule is CCCCC[C@H](O)/C=C/[C@@H]1[C@@H](CC(=O)O)[C@@H](O)C[C@H]1O. The molecule has 1 aliphatic rings. The number of hydrogen-bond acceptors (Lipinski definition) is 4. The van der Waals surface area contributed by atoms with E-state index < -0.39 is 36.1 Å². The first-order valence-corrected chi connectivity index (χ1v) is 7.40. The fraction of sp³-hybridized carbons (Fsp3) is 0.800. The zero-order chi connectivity index (χ0) is 15.1. The summed E-state index contributed by atoms with van der Waals surface area (Å²) in [6.45, 7) is 2.09. The largest absolute Gasteiger partial charge is 0.481 e. The van der Waals surface area contributed by atoms with Crippen LogP contribution < -0.4 is 0 Å². The van der Waals surface area contributed by atoms with Crippen LogP contribution in [0.5, 0.6) is 0 Å². The number of aliphatic carboxylic acids is 1. The lowest BCUT2D eigenvalue weighted by molar-refractivity contribution is -0.139. The molecule has 0 amide bonds. The van der Waals surface area contributed by atoms with Crippen molar-refractivity contribution in [2.24, 2.45) is 11.8 Å². The van der Waals surface area contributed by atoms with E-state index in [2.05, 4.69) is 6.92 Å². The van der Waals surface area contributed by atoms with E-state index in [-0.39, 0.29) is 12.8 Å². The van der Waals surface area contributed by atoms with Gasteiger partial charge in [0.1, 0.15) is 0 Å². The minimum Gasteiger partial charge on any atom is -0.481 e. The minimum absolute atomic E-state index is 0.167. The van der Waals surface area contributed by atoms with Crippen molar-refractivity contribution in [2.75, 3.05) is 0 Å². The summed E-state index contributed by atoms with van der Waals surface area (Å²) in [4.78, 5) is 10.8.